The van der Waals surface area contributed by atoms with Crippen molar-refractivity contribution < 1.29 is 0 Å². The SMILES string of the molecule is c1ccc(-c2ccc(-c3ccc4c5c(-c6ccccc6)c6cc7c8ccccc8c8cccc(c6c(-c6ccccc6)c5c5cccc3c45)c87)cc2)cc1. The van der Waals surface area contributed by atoms with Gasteiger partial charge in [0.15, 0.2) is 0 Å². The smallest absolute Gasteiger partial charge is 0.000719 e. The average Bonchev–Trinajstić information content (AvgIpc) is 3.75. The van der Waals surface area contributed by atoms with E-state index < -0.39 is 0 Å². The summed E-state index contributed by atoms with van der Waals surface area (Å²) >= 11 is 0. The highest BCUT2D eigenvalue weighted by atomic mass is 14.3. The maximum atomic E-state index is 2.52. The second-order valence-corrected chi connectivity index (χ2v) is 14.7. The quantitative estimate of drug-likeness (QED) is 0.162. The molecule has 0 N–H and O–H groups in total. The molecule has 0 amide bonds. The van der Waals surface area contributed by atoms with Gasteiger partial charge in [-0.05, 0) is 126 Å². The van der Waals surface area contributed by atoms with Gasteiger partial charge in [0, 0.05) is 0 Å². The Labute approximate surface area is 312 Å². The van der Waals surface area contributed by atoms with E-state index in [2.05, 4.69) is 194 Å². The molecule has 0 radical (unpaired) electrons. The van der Waals surface area contributed by atoms with Gasteiger partial charge in [-0.15, -0.1) is 0 Å². The minimum absolute atomic E-state index is 1.23. The van der Waals surface area contributed by atoms with Crippen molar-refractivity contribution in [3.63, 3.8) is 0 Å². The van der Waals surface area contributed by atoms with Crippen molar-refractivity contribution in [2.45, 2.75) is 0 Å². The number of benzene rings is 10. The fourth-order valence-corrected chi connectivity index (χ4v) is 9.74. The third-order valence-corrected chi connectivity index (χ3v) is 11.9. The standard InChI is InChI=1S/C54H32/c1-4-14-33(15-5-1)34-26-28-35(29-27-34)38-30-31-45-50-41(38)22-12-25-44(50)54-49(37-18-8-3-9-19-37)52-43-24-13-23-42-39-20-10-11-21-40(39)46(51(42)43)32-47(52)48(53(45)54)36-16-6-2-7-17-36/h1-32H. The Hall–Kier alpha value is -7.02. The lowest BCUT2D eigenvalue weighted by atomic mass is 9.84. The maximum Gasteiger partial charge on any atom is -0.000719 e. The van der Waals surface area contributed by atoms with Crippen LogP contribution in [0.15, 0.2) is 194 Å². The molecule has 54 heavy (non-hydrogen) atoms. The van der Waals surface area contributed by atoms with Gasteiger partial charge in [0.25, 0.3) is 0 Å². The summed E-state index contributed by atoms with van der Waals surface area (Å²) < 4.78 is 0. The highest BCUT2D eigenvalue weighted by Gasteiger charge is 2.26. The molecule has 12 aromatic carbocycles. The molecule has 0 bridgehead atoms. The fraction of sp³-hybridized carbons (Fsp3) is 0. The van der Waals surface area contributed by atoms with Crippen LogP contribution < -0.4 is 0 Å². The molecule has 0 atom stereocenters. The van der Waals surface area contributed by atoms with Crippen LogP contribution in [0.3, 0.4) is 0 Å². The number of hydrogen-bond acceptors (Lipinski definition) is 0. The lowest BCUT2D eigenvalue weighted by molar-refractivity contribution is 1.61. The summed E-state index contributed by atoms with van der Waals surface area (Å²) in [5.74, 6) is 0. The van der Waals surface area contributed by atoms with Gasteiger partial charge in [-0.3, -0.25) is 0 Å². The molecule has 12 aromatic rings. The molecule has 0 nitrogen and oxygen atoms in total. The number of fused-ring (bicyclic) bond motifs is 8. The van der Waals surface area contributed by atoms with E-state index in [0.717, 1.165) is 0 Å². The molecular formula is C54H32. The van der Waals surface area contributed by atoms with Crippen molar-refractivity contribution in [2.75, 3.05) is 0 Å². The zero-order valence-electron chi connectivity index (χ0n) is 29.5. The van der Waals surface area contributed by atoms with Crippen LogP contribution in [0.4, 0.5) is 0 Å². The van der Waals surface area contributed by atoms with Crippen LogP contribution >= 0.6 is 0 Å². The minimum Gasteiger partial charge on any atom is -0.0622 e. The molecule has 0 heteroatoms. The van der Waals surface area contributed by atoms with E-state index in [1.54, 1.807) is 0 Å². The largest absolute Gasteiger partial charge is 0.0622 e. The third kappa shape index (κ3) is 4.03. The van der Waals surface area contributed by atoms with Crippen LogP contribution in [-0.4, -0.2) is 0 Å². The third-order valence-electron chi connectivity index (χ3n) is 11.9. The van der Waals surface area contributed by atoms with Crippen molar-refractivity contribution in [1.82, 2.24) is 0 Å². The Bertz CT molecular complexity index is 3380. The Morgan fingerprint density at radius 2 is 0.630 bits per heavy atom. The molecule has 0 unspecified atom stereocenters. The summed E-state index contributed by atoms with van der Waals surface area (Å²) in [4.78, 5) is 0. The lowest BCUT2D eigenvalue weighted by Gasteiger charge is -2.19. The van der Waals surface area contributed by atoms with Gasteiger partial charge >= 0.3 is 0 Å². The molecule has 248 valence electrons. The molecule has 0 saturated carbocycles. The summed E-state index contributed by atoms with van der Waals surface area (Å²) in [5, 5.41) is 18.5. The molecule has 0 aliphatic carbocycles. The Balaban J connectivity index is 1.28. The van der Waals surface area contributed by atoms with Gasteiger partial charge < -0.3 is 0 Å². The van der Waals surface area contributed by atoms with E-state index in [1.165, 1.54) is 120 Å². The Kier molecular flexibility index (Phi) is 6.15. The van der Waals surface area contributed by atoms with Crippen molar-refractivity contribution in [1.29, 1.82) is 0 Å². The molecular weight excluding hydrogens is 649 g/mol. The Morgan fingerprint density at radius 3 is 1.31 bits per heavy atom. The van der Waals surface area contributed by atoms with E-state index in [4.69, 9.17) is 0 Å². The highest BCUT2D eigenvalue weighted by molar-refractivity contribution is 6.45. The van der Waals surface area contributed by atoms with Crippen LogP contribution in [0.5, 0.6) is 0 Å². The molecule has 0 spiro atoms. The van der Waals surface area contributed by atoms with Crippen molar-refractivity contribution in [3.05, 3.63) is 194 Å². The van der Waals surface area contributed by atoms with Crippen LogP contribution in [0, 0.1) is 0 Å². The van der Waals surface area contributed by atoms with E-state index in [-0.39, 0.29) is 0 Å². The van der Waals surface area contributed by atoms with Crippen LogP contribution in [-0.2, 0) is 0 Å². The maximum absolute atomic E-state index is 2.52. The first-order valence-electron chi connectivity index (χ1n) is 18.9. The molecule has 0 saturated heterocycles. The van der Waals surface area contributed by atoms with Gasteiger partial charge in [-0.1, -0.05) is 188 Å². The van der Waals surface area contributed by atoms with Crippen LogP contribution in [0.25, 0.3) is 120 Å². The van der Waals surface area contributed by atoms with Gasteiger partial charge in [0.2, 0.25) is 0 Å². The predicted molar refractivity (Wildman–Crippen MR) is 233 cm³/mol. The van der Waals surface area contributed by atoms with Crippen molar-refractivity contribution in [2.24, 2.45) is 0 Å². The van der Waals surface area contributed by atoms with E-state index >= 15 is 0 Å². The second kappa shape index (κ2) is 11.2. The van der Waals surface area contributed by atoms with Gasteiger partial charge in [-0.25, -0.2) is 0 Å². The molecule has 0 aliphatic heterocycles. The zero-order valence-corrected chi connectivity index (χ0v) is 29.5. The zero-order chi connectivity index (χ0) is 35.3. The summed E-state index contributed by atoms with van der Waals surface area (Å²) in [6.07, 6.45) is 0. The summed E-state index contributed by atoms with van der Waals surface area (Å²) in [7, 11) is 0. The molecule has 0 heterocycles. The molecule has 0 aromatic heterocycles. The van der Waals surface area contributed by atoms with E-state index in [1.807, 2.05) is 0 Å². The second-order valence-electron chi connectivity index (χ2n) is 14.7. The first-order chi connectivity index (χ1) is 26.8. The summed E-state index contributed by atoms with van der Waals surface area (Å²) in [5.41, 5.74) is 10.1. The topological polar surface area (TPSA) is 0 Å². The molecule has 0 aliphatic rings. The van der Waals surface area contributed by atoms with E-state index in [9.17, 15) is 0 Å². The van der Waals surface area contributed by atoms with E-state index in [0.29, 0.717) is 0 Å². The number of hydrogen-bond donors (Lipinski definition) is 0. The van der Waals surface area contributed by atoms with Gasteiger partial charge in [0.1, 0.15) is 0 Å². The summed E-state index contributed by atoms with van der Waals surface area (Å²) in [6, 6.07) is 72.1. The van der Waals surface area contributed by atoms with Gasteiger partial charge in [0.05, 0.1) is 0 Å². The van der Waals surface area contributed by atoms with Crippen molar-refractivity contribution >= 4 is 75.4 Å². The van der Waals surface area contributed by atoms with Crippen molar-refractivity contribution in [3.8, 4) is 44.5 Å². The predicted octanol–water partition coefficient (Wildman–Crippen LogP) is 15.3. The van der Waals surface area contributed by atoms with Crippen LogP contribution in [0.1, 0.15) is 0 Å². The first-order valence-corrected chi connectivity index (χ1v) is 18.9. The van der Waals surface area contributed by atoms with Gasteiger partial charge in [-0.2, -0.15) is 0 Å². The number of rotatable bonds is 4. The molecule has 0 fully saturated rings. The average molecular weight is 681 g/mol. The minimum atomic E-state index is 1.23. The Morgan fingerprint density at radius 1 is 0.185 bits per heavy atom. The monoisotopic (exact) mass is 680 g/mol. The highest BCUT2D eigenvalue weighted by Crippen LogP contribution is 2.55. The summed E-state index contributed by atoms with van der Waals surface area (Å²) in [6.45, 7) is 0. The normalized spacial score (nSPS) is 12.1. The molecule has 12 rings (SSSR count). The fourth-order valence-electron chi connectivity index (χ4n) is 9.74. The lowest BCUT2D eigenvalue weighted by Crippen LogP contribution is -1.91. The first kappa shape index (κ1) is 29.5. The van der Waals surface area contributed by atoms with Crippen LogP contribution in [0.2, 0.25) is 0 Å².